The van der Waals surface area contributed by atoms with E-state index in [0.29, 0.717) is 36.8 Å². The van der Waals surface area contributed by atoms with Crippen LogP contribution in [-0.4, -0.2) is 46.3 Å². The summed E-state index contributed by atoms with van der Waals surface area (Å²) < 4.78 is 0. The highest BCUT2D eigenvalue weighted by molar-refractivity contribution is 6.15. The van der Waals surface area contributed by atoms with Crippen LogP contribution < -0.4 is 0 Å². The summed E-state index contributed by atoms with van der Waals surface area (Å²) >= 11 is 0. The first-order valence-corrected chi connectivity index (χ1v) is 10.9. The zero-order valence-electron chi connectivity index (χ0n) is 18.6. The molecule has 1 saturated carbocycles. The first-order valence-electron chi connectivity index (χ1n) is 10.9. The maximum Gasteiger partial charge on any atom is 0.168 e. The number of carbonyl (C=O) groups excluding carboxylic acids is 2. The van der Waals surface area contributed by atoms with E-state index in [0.717, 1.165) is 25.7 Å². The van der Waals surface area contributed by atoms with E-state index in [-0.39, 0.29) is 46.0 Å². The number of carbonyl (C=O) groups is 2. The predicted octanol–water partition coefficient (Wildman–Crippen LogP) is 4.84. The van der Waals surface area contributed by atoms with Crippen molar-refractivity contribution in [1.82, 2.24) is 0 Å². The Balaban J connectivity index is 1.76. The first-order chi connectivity index (χ1) is 14.0. The Kier molecular flexibility index (Phi) is 6.34. The van der Waals surface area contributed by atoms with Gasteiger partial charge in [-0.05, 0) is 23.7 Å². The maximum atomic E-state index is 12.4. The average Bonchev–Trinajstić information content (AvgIpc) is 2.59. The molecule has 0 saturated heterocycles. The largest absolute Gasteiger partial charge is 0.511 e. The van der Waals surface area contributed by atoms with Crippen LogP contribution >= 0.6 is 0 Å². The number of aliphatic hydroxyl groups is 2. The number of rotatable bonds is 4. The van der Waals surface area contributed by atoms with Crippen molar-refractivity contribution < 1.29 is 19.8 Å². The molecular formula is C24H34N2O4. The van der Waals surface area contributed by atoms with Gasteiger partial charge in [-0.15, -0.1) is 0 Å². The molecule has 0 unspecified atom stereocenters. The number of aliphatic hydroxyl groups excluding tert-OH is 2. The zero-order valence-corrected chi connectivity index (χ0v) is 18.6. The molecular weight excluding hydrogens is 380 g/mol. The van der Waals surface area contributed by atoms with Crippen molar-refractivity contribution in [2.75, 3.05) is 0 Å². The van der Waals surface area contributed by atoms with Gasteiger partial charge in [0.05, 0.1) is 23.2 Å². The van der Waals surface area contributed by atoms with Crippen molar-refractivity contribution in [1.29, 1.82) is 0 Å². The molecule has 2 N–H and O–H groups in total. The smallest absolute Gasteiger partial charge is 0.168 e. The van der Waals surface area contributed by atoms with Crippen LogP contribution in [0.3, 0.4) is 0 Å². The van der Waals surface area contributed by atoms with Crippen molar-refractivity contribution in [3.05, 3.63) is 22.7 Å². The van der Waals surface area contributed by atoms with E-state index in [1.54, 1.807) is 0 Å². The topological polar surface area (TPSA) is 99.3 Å². The molecule has 2 atom stereocenters. The van der Waals surface area contributed by atoms with Crippen LogP contribution in [-0.2, 0) is 9.59 Å². The van der Waals surface area contributed by atoms with Gasteiger partial charge in [-0.25, -0.2) is 0 Å². The van der Waals surface area contributed by atoms with Gasteiger partial charge in [0.2, 0.25) is 0 Å². The molecule has 0 aromatic rings. The number of allylic oxidation sites excluding steroid dienone is 4. The minimum absolute atomic E-state index is 0.0751. The summed E-state index contributed by atoms with van der Waals surface area (Å²) in [7, 11) is 0. The second-order valence-electron chi connectivity index (χ2n) is 10.6. The molecule has 0 spiro atoms. The van der Waals surface area contributed by atoms with E-state index in [2.05, 4.69) is 9.98 Å². The third kappa shape index (κ3) is 5.27. The van der Waals surface area contributed by atoms with Gasteiger partial charge in [0, 0.05) is 38.1 Å². The summed E-state index contributed by atoms with van der Waals surface area (Å²) in [5, 5.41) is 20.6. The molecule has 0 radical (unpaired) electrons. The molecule has 0 bridgehead atoms. The lowest BCUT2D eigenvalue weighted by molar-refractivity contribution is -0.118. The van der Waals surface area contributed by atoms with Gasteiger partial charge < -0.3 is 10.2 Å². The Labute approximate surface area is 178 Å². The molecule has 0 aliphatic heterocycles. The lowest BCUT2D eigenvalue weighted by atomic mass is 9.76. The average molecular weight is 415 g/mol. The van der Waals surface area contributed by atoms with Gasteiger partial charge in [-0.3, -0.25) is 19.6 Å². The highest BCUT2D eigenvalue weighted by Gasteiger charge is 2.34. The van der Waals surface area contributed by atoms with Gasteiger partial charge in [-0.1, -0.05) is 40.5 Å². The fraction of sp³-hybridized carbons (Fsp3) is 0.667. The molecule has 0 aromatic carbocycles. The quantitative estimate of drug-likeness (QED) is 0.643. The molecule has 3 aliphatic carbocycles. The SMILES string of the molecule is CC1(C)CC(=O)C(C=N[C@H]2CCCC[C@H]2N=CC2=C(O)CC(C)(C)CC2=O)=C(O)C1. The van der Waals surface area contributed by atoms with Crippen LogP contribution in [0, 0.1) is 10.8 Å². The number of Topliss-reactive ketones (excluding diaryl/α,β-unsaturated/α-hetero) is 2. The second-order valence-corrected chi connectivity index (χ2v) is 10.6. The third-order valence-electron chi connectivity index (χ3n) is 6.28. The van der Waals surface area contributed by atoms with Crippen LogP contribution in [0.15, 0.2) is 32.6 Å². The Hall–Kier alpha value is -2.24. The molecule has 6 nitrogen and oxygen atoms in total. The number of aliphatic imine (C=N–C) groups is 2. The van der Waals surface area contributed by atoms with Crippen LogP contribution in [0.1, 0.15) is 79.1 Å². The number of hydrogen-bond donors (Lipinski definition) is 2. The molecule has 3 aliphatic rings. The summed E-state index contributed by atoms with van der Waals surface area (Å²) in [6.45, 7) is 7.88. The first kappa shape index (κ1) is 22.4. The summed E-state index contributed by atoms with van der Waals surface area (Å²) in [6, 6.07) is -0.202. The van der Waals surface area contributed by atoms with E-state index in [4.69, 9.17) is 0 Å². The summed E-state index contributed by atoms with van der Waals surface area (Å²) in [5.74, 6) is 0.0745. The molecule has 0 aromatic heterocycles. The molecule has 0 heterocycles. The fourth-order valence-electron chi connectivity index (χ4n) is 4.68. The fourth-order valence-corrected chi connectivity index (χ4v) is 4.68. The number of hydrogen-bond acceptors (Lipinski definition) is 6. The number of nitrogens with zero attached hydrogens (tertiary/aromatic N) is 2. The Morgan fingerprint density at radius 3 is 1.43 bits per heavy atom. The van der Waals surface area contributed by atoms with Gasteiger partial charge >= 0.3 is 0 Å². The Morgan fingerprint density at radius 1 is 0.733 bits per heavy atom. The van der Waals surface area contributed by atoms with E-state index in [9.17, 15) is 19.8 Å². The van der Waals surface area contributed by atoms with E-state index >= 15 is 0 Å². The molecule has 30 heavy (non-hydrogen) atoms. The highest BCUT2D eigenvalue weighted by atomic mass is 16.3. The monoisotopic (exact) mass is 414 g/mol. The van der Waals surface area contributed by atoms with Crippen molar-refractivity contribution in [3.63, 3.8) is 0 Å². The molecule has 3 rings (SSSR count). The Bertz CT molecular complexity index is 775. The minimum atomic E-state index is -0.229. The third-order valence-corrected chi connectivity index (χ3v) is 6.28. The summed E-state index contributed by atoms with van der Waals surface area (Å²) in [6.07, 6.45) is 8.54. The van der Waals surface area contributed by atoms with Crippen molar-refractivity contribution in [3.8, 4) is 0 Å². The maximum absolute atomic E-state index is 12.4. The van der Waals surface area contributed by atoms with E-state index in [1.807, 2.05) is 27.7 Å². The van der Waals surface area contributed by atoms with Crippen molar-refractivity contribution >= 4 is 24.0 Å². The van der Waals surface area contributed by atoms with Crippen molar-refractivity contribution in [2.45, 2.75) is 91.1 Å². The number of ketones is 2. The van der Waals surface area contributed by atoms with E-state index < -0.39 is 0 Å². The lowest BCUT2D eigenvalue weighted by Gasteiger charge is -2.30. The minimum Gasteiger partial charge on any atom is -0.511 e. The summed E-state index contributed by atoms with van der Waals surface area (Å²) in [5.41, 5.74) is 0.167. The van der Waals surface area contributed by atoms with Gasteiger partial charge in [0.15, 0.2) is 11.6 Å². The molecule has 6 heteroatoms. The van der Waals surface area contributed by atoms with Crippen LogP contribution in [0.25, 0.3) is 0 Å². The van der Waals surface area contributed by atoms with Crippen LogP contribution in [0.4, 0.5) is 0 Å². The summed E-state index contributed by atoms with van der Waals surface area (Å²) in [4.78, 5) is 34.1. The second kappa shape index (κ2) is 8.48. The van der Waals surface area contributed by atoms with Crippen molar-refractivity contribution in [2.24, 2.45) is 20.8 Å². The normalized spacial score (nSPS) is 30.0. The molecule has 1 fully saturated rings. The highest BCUT2D eigenvalue weighted by Crippen LogP contribution is 2.36. The lowest BCUT2D eigenvalue weighted by Crippen LogP contribution is -2.30. The van der Waals surface area contributed by atoms with Crippen LogP contribution in [0.2, 0.25) is 0 Å². The van der Waals surface area contributed by atoms with Gasteiger partial charge in [0.1, 0.15) is 11.5 Å². The Morgan fingerprint density at radius 2 is 1.10 bits per heavy atom. The molecule has 164 valence electrons. The molecule has 0 amide bonds. The van der Waals surface area contributed by atoms with E-state index in [1.165, 1.54) is 12.4 Å². The van der Waals surface area contributed by atoms with Gasteiger partial charge in [-0.2, -0.15) is 0 Å². The van der Waals surface area contributed by atoms with Gasteiger partial charge in [0.25, 0.3) is 0 Å². The predicted molar refractivity (Wildman–Crippen MR) is 118 cm³/mol. The standard InChI is InChI=1S/C24H34N2O4/c1-23(2)9-19(27)15(20(28)10-23)13-25-17-7-5-6-8-18(17)26-14-16-21(29)11-24(3,4)12-22(16)30/h13-14,17-18,27,29H,5-12H2,1-4H3/t17-,18+. The van der Waals surface area contributed by atoms with Crippen LogP contribution in [0.5, 0.6) is 0 Å². The zero-order chi connectivity index (χ0) is 22.1.